The van der Waals surface area contributed by atoms with Crippen molar-refractivity contribution in [1.29, 1.82) is 0 Å². The molecule has 3 rings (SSSR count). The number of nitrogens with zero attached hydrogens (tertiary/aromatic N) is 1. The van der Waals surface area contributed by atoms with Gasteiger partial charge in [0.25, 0.3) is 5.91 Å². The van der Waals surface area contributed by atoms with Crippen molar-refractivity contribution in [1.82, 2.24) is 4.98 Å². The maximum atomic E-state index is 12.9. The largest absolute Gasteiger partial charge is 0.486 e. The lowest BCUT2D eigenvalue weighted by Gasteiger charge is -2.09. The number of thiazole rings is 1. The third kappa shape index (κ3) is 5.61. The Hall–Kier alpha value is -2.78. The van der Waals surface area contributed by atoms with Crippen molar-refractivity contribution in [3.63, 3.8) is 0 Å². The van der Waals surface area contributed by atoms with Crippen molar-refractivity contribution in [3.05, 3.63) is 68.9 Å². The molecule has 10 heteroatoms. The predicted octanol–water partition coefficient (Wildman–Crippen LogP) is 5.68. The van der Waals surface area contributed by atoms with E-state index in [9.17, 15) is 18.0 Å². The summed E-state index contributed by atoms with van der Waals surface area (Å²) in [5.74, 6) is -0.498. The Kier molecular flexibility index (Phi) is 6.60. The third-order valence-electron chi connectivity index (χ3n) is 3.63. The van der Waals surface area contributed by atoms with Crippen molar-refractivity contribution < 1.29 is 27.4 Å². The number of hydrogen-bond donors (Lipinski definition) is 1. The van der Waals surface area contributed by atoms with Gasteiger partial charge in [-0.2, -0.15) is 8.78 Å². The molecule has 3 aromatic rings. The van der Waals surface area contributed by atoms with Crippen LogP contribution in [0, 0.1) is 12.7 Å². The van der Waals surface area contributed by atoms with E-state index < -0.39 is 12.5 Å². The number of anilines is 1. The van der Waals surface area contributed by atoms with Crippen molar-refractivity contribution in [3.8, 4) is 11.5 Å². The quantitative estimate of drug-likeness (QED) is 0.511. The lowest BCUT2D eigenvalue weighted by molar-refractivity contribution is -0.0497. The molecular weight excluding hydrogens is 429 g/mol. The number of ether oxygens (including phenoxy) is 2. The van der Waals surface area contributed by atoms with Gasteiger partial charge in [0, 0.05) is 5.69 Å². The molecule has 1 N–H and O–H groups in total. The molecule has 0 bridgehead atoms. The SMILES string of the molecule is Cc1nc(COc2ccc(F)cc2)sc1C(=O)Nc1ccc(OC(F)F)c(Cl)c1. The molecule has 0 aliphatic rings. The van der Waals surface area contributed by atoms with Gasteiger partial charge in [0.05, 0.1) is 10.7 Å². The van der Waals surface area contributed by atoms with Crippen LogP contribution in [-0.4, -0.2) is 17.5 Å². The molecule has 0 atom stereocenters. The monoisotopic (exact) mass is 442 g/mol. The second kappa shape index (κ2) is 9.15. The number of halogens is 4. The number of hydrogen-bond acceptors (Lipinski definition) is 5. The Morgan fingerprint density at radius 3 is 2.62 bits per heavy atom. The Bertz CT molecular complexity index is 1010. The van der Waals surface area contributed by atoms with E-state index in [1.54, 1.807) is 6.92 Å². The predicted molar refractivity (Wildman–Crippen MR) is 104 cm³/mol. The highest BCUT2D eigenvalue weighted by atomic mass is 35.5. The van der Waals surface area contributed by atoms with Crippen molar-refractivity contribution in [2.24, 2.45) is 0 Å². The van der Waals surface area contributed by atoms with Crippen molar-refractivity contribution in [2.75, 3.05) is 5.32 Å². The first-order valence-corrected chi connectivity index (χ1v) is 9.41. The lowest BCUT2D eigenvalue weighted by Crippen LogP contribution is -2.11. The van der Waals surface area contributed by atoms with Gasteiger partial charge in [-0.15, -0.1) is 11.3 Å². The molecule has 1 heterocycles. The second-order valence-corrected chi connectivity index (χ2v) is 7.23. The van der Waals surface area contributed by atoms with E-state index in [2.05, 4.69) is 15.0 Å². The average molecular weight is 443 g/mol. The van der Waals surface area contributed by atoms with Gasteiger partial charge in [0.15, 0.2) is 0 Å². The number of amides is 1. The van der Waals surface area contributed by atoms with Gasteiger partial charge in [-0.05, 0) is 49.4 Å². The van der Waals surface area contributed by atoms with Crippen LogP contribution in [0.4, 0.5) is 18.9 Å². The molecule has 152 valence electrons. The maximum Gasteiger partial charge on any atom is 0.387 e. The van der Waals surface area contributed by atoms with E-state index in [0.717, 1.165) is 11.3 Å². The van der Waals surface area contributed by atoms with Crippen LogP contribution < -0.4 is 14.8 Å². The standard InChI is InChI=1S/C19H14ClF3N2O3S/c1-10-17(29-16(24-10)9-27-13-5-2-11(21)3-6-13)18(26)25-12-4-7-15(14(20)8-12)28-19(22)23/h2-8,19H,9H2,1H3,(H,25,26). The summed E-state index contributed by atoms with van der Waals surface area (Å²) in [7, 11) is 0. The first-order valence-electron chi connectivity index (χ1n) is 8.22. The van der Waals surface area contributed by atoms with Crippen LogP contribution in [0.3, 0.4) is 0 Å². The normalized spacial score (nSPS) is 10.8. The summed E-state index contributed by atoms with van der Waals surface area (Å²) in [5, 5.41) is 3.14. The molecular formula is C19H14ClF3N2O3S. The smallest absolute Gasteiger partial charge is 0.387 e. The number of aromatic nitrogens is 1. The van der Waals surface area contributed by atoms with Gasteiger partial charge >= 0.3 is 6.61 Å². The molecule has 0 saturated heterocycles. The molecule has 0 saturated carbocycles. The van der Waals surface area contributed by atoms with Crippen LogP contribution >= 0.6 is 22.9 Å². The molecule has 29 heavy (non-hydrogen) atoms. The number of carbonyl (C=O) groups excluding carboxylic acids is 1. The zero-order valence-corrected chi connectivity index (χ0v) is 16.5. The second-order valence-electron chi connectivity index (χ2n) is 5.74. The minimum Gasteiger partial charge on any atom is -0.486 e. The Balaban J connectivity index is 1.65. The minimum absolute atomic E-state index is 0.0579. The molecule has 0 aliphatic heterocycles. The molecule has 5 nitrogen and oxygen atoms in total. The molecule has 0 unspecified atom stereocenters. The summed E-state index contributed by atoms with van der Waals surface area (Å²) in [5.41, 5.74) is 0.826. The molecule has 0 aliphatic carbocycles. The van der Waals surface area contributed by atoms with Crippen molar-refractivity contribution in [2.45, 2.75) is 20.1 Å². The fourth-order valence-electron chi connectivity index (χ4n) is 2.36. The van der Waals surface area contributed by atoms with Crippen LogP contribution in [0.15, 0.2) is 42.5 Å². The molecule has 0 radical (unpaired) electrons. The fraction of sp³-hybridized carbons (Fsp3) is 0.158. The van der Waals surface area contributed by atoms with E-state index in [1.807, 2.05) is 0 Å². The number of nitrogens with one attached hydrogen (secondary N) is 1. The Labute approximate surface area is 173 Å². The van der Waals surface area contributed by atoms with E-state index in [0.29, 0.717) is 27.0 Å². The van der Waals surface area contributed by atoms with Gasteiger partial charge in [-0.25, -0.2) is 9.37 Å². The van der Waals surface area contributed by atoms with Gasteiger partial charge in [-0.3, -0.25) is 4.79 Å². The van der Waals surface area contributed by atoms with E-state index in [4.69, 9.17) is 16.3 Å². The summed E-state index contributed by atoms with van der Waals surface area (Å²) in [4.78, 5) is 17.2. The van der Waals surface area contributed by atoms with Gasteiger partial charge in [0.2, 0.25) is 0 Å². The van der Waals surface area contributed by atoms with Crippen molar-refractivity contribution >= 4 is 34.5 Å². The highest BCUT2D eigenvalue weighted by Gasteiger charge is 2.17. The number of alkyl halides is 2. The average Bonchev–Trinajstić information content (AvgIpc) is 3.04. The summed E-state index contributed by atoms with van der Waals surface area (Å²) in [6.07, 6.45) is 0. The zero-order chi connectivity index (χ0) is 21.0. The minimum atomic E-state index is -3.00. The molecule has 2 aromatic carbocycles. The summed E-state index contributed by atoms with van der Waals surface area (Å²) < 4.78 is 47.3. The molecule has 1 aromatic heterocycles. The van der Waals surface area contributed by atoms with Gasteiger partial charge in [-0.1, -0.05) is 11.6 Å². The Morgan fingerprint density at radius 1 is 1.24 bits per heavy atom. The summed E-state index contributed by atoms with van der Waals surface area (Å²) in [6.45, 7) is -1.20. The first-order chi connectivity index (χ1) is 13.8. The molecule has 0 fully saturated rings. The number of rotatable bonds is 7. The zero-order valence-electron chi connectivity index (χ0n) is 14.9. The highest BCUT2D eigenvalue weighted by molar-refractivity contribution is 7.13. The summed E-state index contributed by atoms with van der Waals surface area (Å²) in [6, 6.07) is 9.51. The van der Waals surface area contributed by atoms with Gasteiger partial charge in [0.1, 0.15) is 33.8 Å². The van der Waals surface area contributed by atoms with Crippen LogP contribution in [0.1, 0.15) is 20.4 Å². The maximum absolute atomic E-state index is 12.9. The summed E-state index contributed by atoms with van der Waals surface area (Å²) >= 11 is 7.03. The number of aryl methyl sites for hydroxylation is 1. The highest BCUT2D eigenvalue weighted by Crippen LogP contribution is 2.29. The topological polar surface area (TPSA) is 60.5 Å². The van der Waals surface area contributed by atoms with Gasteiger partial charge < -0.3 is 14.8 Å². The van der Waals surface area contributed by atoms with E-state index >= 15 is 0 Å². The van der Waals surface area contributed by atoms with E-state index in [1.165, 1.54) is 42.5 Å². The van der Waals surface area contributed by atoms with Crippen LogP contribution in [0.2, 0.25) is 5.02 Å². The number of carbonyl (C=O) groups is 1. The first kappa shape index (κ1) is 20.9. The van der Waals surface area contributed by atoms with Crippen LogP contribution in [0.5, 0.6) is 11.5 Å². The Morgan fingerprint density at radius 2 is 1.97 bits per heavy atom. The number of benzene rings is 2. The molecule has 0 spiro atoms. The molecule has 1 amide bonds. The van der Waals surface area contributed by atoms with Crippen LogP contribution in [-0.2, 0) is 6.61 Å². The third-order valence-corrected chi connectivity index (χ3v) is 5.05. The lowest BCUT2D eigenvalue weighted by atomic mass is 10.3. The fourth-order valence-corrected chi connectivity index (χ4v) is 3.46. The van der Waals surface area contributed by atoms with Crippen LogP contribution in [0.25, 0.3) is 0 Å². The van der Waals surface area contributed by atoms with E-state index in [-0.39, 0.29) is 23.2 Å².